The first kappa shape index (κ1) is 38.1. The van der Waals surface area contributed by atoms with E-state index in [9.17, 15) is 28.0 Å². The molecule has 1 saturated heterocycles. The molecule has 4 amide bonds. The molecule has 1 aromatic rings. The van der Waals surface area contributed by atoms with E-state index in [1.54, 1.807) is 11.3 Å². The van der Waals surface area contributed by atoms with E-state index in [1.807, 2.05) is 32.6 Å². The van der Waals surface area contributed by atoms with Gasteiger partial charge in [-0.3, -0.25) is 19.2 Å². The standard InChI is InChI=1S/C35H56F2N6O4S/c1-23-28-21-30(45)41-26(8-5-6-16-39-31(46)22-34(2,3)4)20-29(44)38-17-7-9-27(40-25-10-14-35(36,37)15-11-25)33(47)43-18-12-24(13-19-43)32(42-28)48-23/h24-27,40H,5-22H2,1-4H3,(H,38,44)(H,39,46)(H,41,45)/t26-,27-/m0/s1. The van der Waals surface area contributed by atoms with E-state index >= 15 is 0 Å². The van der Waals surface area contributed by atoms with Gasteiger partial charge in [-0.1, -0.05) is 20.8 Å². The number of carbonyl (C=O) groups excluding carboxylic acids is 4. The van der Waals surface area contributed by atoms with E-state index in [2.05, 4.69) is 21.3 Å². The second-order valence-electron chi connectivity index (χ2n) is 15.2. The third-order valence-corrected chi connectivity index (χ3v) is 10.8. The van der Waals surface area contributed by atoms with Crippen LogP contribution in [0.25, 0.3) is 0 Å². The summed E-state index contributed by atoms with van der Waals surface area (Å²) in [5.41, 5.74) is 0.663. The number of amides is 4. The van der Waals surface area contributed by atoms with Crippen LogP contribution in [-0.2, 0) is 25.6 Å². The number of fused-ring (bicyclic) bond motifs is 13. The maximum atomic E-state index is 13.8. The highest BCUT2D eigenvalue weighted by molar-refractivity contribution is 7.11. The Labute approximate surface area is 288 Å². The number of nitrogens with one attached hydrogen (secondary N) is 4. The number of hydrogen-bond donors (Lipinski definition) is 4. The number of rotatable bonds is 8. The predicted octanol–water partition coefficient (Wildman–Crippen LogP) is 4.74. The lowest BCUT2D eigenvalue weighted by Gasteiger charge is -2.36. The van der Waals surface area contributed by atoms with Crippen molar-refractivity contribution in [3.8, 4) is 0 Å². The van der Waals surface area contributed by atoms with Crippen LogP contribution in [0.4, 0.5) is 8.78 Å². The van der Waals surface area contributed by atoms with Gasteiger partial charge in [0.1, 0.15) is 0 Å². The van der Waals surface area contributed by atoms with Crippen molar-refractivity contribution >= 4 is 35.0 Å². The highest BCUT2D eigenvalue weighted by atomic mass is 32.1. The molecule has 4 heterocycles. The Morgan fingerprint density at radius 3 is 2.44 bits per heavy atom. The van der Waals surface area contributed by atoms with Gasteiger partial charge in [-0.2, -0.15) is 0 Å². The fraction of sp³-hybridized carbons (Fsp3) is 0.800. The number of halogens is 2. The summed E-state index contributed by atoms with van der Waals surface area (Å²) >= 11 is 1.61. The van der Waals surface area contributed by atoms with Gasteiger partial charge in [-0.15, -0.1) is 11.3 Å². The molecule has 4 aliphatic rings. The molecule has 5 rings (SSSR count). The Morgan fingerprint density at radius 2 is 1.75 bits per heavy atom. The third kappa shape index (κ3) is 12.3. The average Bonchev–Trinajstić information content (AvgIpc) is 3.37. The van der Waals surface area contributed by atoms with Gasteiger partial charge in [0.2, 0.25) is 29.6 Å². The van der Waals surface area contributed by atoms with E-state index in [0.717, 1.165) is 41.3 Å². The zero-order valence-corrected chi connectivity index (χ0v) is 30.0. The predicted molar refractivity (Wildman–Crippen MR) is 183 cm³/mol. The van der Waals surface area contributed by atoms with E-state index in [-0.39, 0.29) is 72.7 Å². The maximum Gasteiger partial charge on any atom is 0.248 e. The van der Waals surface area contributed by atoms with Crippen molar-refractivity contribution in [2.75, 3.05) is 26.2 Å². The summed E-state index contributed by atoms with van der Waals surface area (Å²) in [5.74, 6) is -2.77. The summed E-state index contributed by atoms with van der Waals surface area (Å²) in [6.45, 7) is 10.1. The molecule has 4 bridgehead atoms. The van der Waals surface area contributed by atoms with Gasteiger partial charge in [0.25, 0.3) is 0 Å². The maximum absolute atomic E-state index is 13.8. The van der Waals surface area contributed by atoms with Gasteiger partial charge >= 0.3 is 0 Å². The second kappa shape index (κ2) is 17.3. The van der Waals surface area contributed by atoms with Crippen LogP contribution in [0.5, 0.6) is 0 Å². The van der Waals surface area contributed by atoms with Gasteiger partial charge in [-0.25, -0.2) is 13.8 Å². The lowest BCUT2D eigenvalue weighted by Crippen LogP contribution is -2.52. The third-order valence-electron chi connectivity index (χ3n) is 9.63. The first-order chi connectivity index (χ1) is 22.7. The van der Waals surface area contributed by atoms with E-state index in [4.69, 9.17) is 4.98 Å². The molecule has 0 unspecified atom stereocenters. The van der Waals surface area contributed by atoms with E-state index in [1.165, 1.54) is 0 Å². The molecule has 0 spiro atoms. The van der Waals surface area contributed by atoms with Crippen LogP contribution in [0.2, 0.25) is 0 Å². The van der Waals surface area contributed by atoms with Crippen molar-refractivity contribution in [1.29, 1.82) is 0 Å². The molecule has 10 nitrogen and oxygen atoms in total. The lowest BCUT2D eigenvalue weighted by molar-refractivity contribution is -0.135. The van der Waals surface area contributed by atoms with Crippen LogP contribution >= 0.6 is 11.3 Å². The molecular weight excluding hydrogens is 638 g/mol. The lowest BCUT2D eigenvalue weighted by atomic mass is 9.91. The fourth-order valence-electron chi connectivity index (χ4n) is 6.90. The van der Waals surface area contributed by atoms with Crippen molar-refractivity contribution in [3.63, 3.8) is 0 Å². The number of aryl methyl sites for hydroxylation is 1. The minimum absolute atomic E-state index is 0.00417. The first-order valence-electron chi connectivity index (χ1n) is 17.9. The van der Waals surface area contributed by atoms with Crippen LogP contribution in [0.15, 0.2) is 0 Å². The van der Waals surface area contributed by atoms with Gasteiger partial charge in [-0.05, 0) is 70.1 Å². The van der Waals surface area contributed by atoms with Crippen molar-refractivity contribution < 1.29 is 28.0 Å². The largest absolute Gasteiger partial charge is 0.356 e. The molecule has 1 saturated carbocycles. The number of thiazole rings is 1. The monoisotopic (exact) mass is 694 g/mol. The van der Waals surface area contributed by atoms with Gasteiger partial charge < -0.3 is 26.2 Å². The van der Waals surface area contributed by atoms with Crippen molar-refractivity contribution in [3.05, 3.63) is 15.6 Å². The smallest absolute Gasteiger partial charge is 0.248 e. The van der Waals surface area contributed by atoms with Gasteiger partial charge in [0.15, 0.2) is 0 Å². The minimum Gasteiger partial charge on any atom is -0.356 e. The number of hydrogen-bond acceptors (Lipinski definition) is 7. The highest BCUT2D eigenvalue weighted by Crippen LogP contribution is 2.35. The van der Waals surface area contributed by atoms with Crippen LogP contribution in [0.1, 0.15) is 126 Å². The Kier molecular flexibility index (Phi) is 13.8. The van der Waals surface area contributed by atoms with Crippen molar-refractivity contribution in [2.24, 2.45) is 5.41 Å². The summed E-state index contributed by atoms with van der Waals surface area (Å²) in [4.78, 5) is 59.9. The molecule has 2 fully saturated rings. The highest BCUT2D eigenvalue weighted by Gasteiger charge is 2.37. The van der Waals surface area contributed by atoms with Crippen LogP contribution in [0, 0.1) is 12.3 Å². The Bertz CT molecular complexity index is 1250. The van der Waals surface area contributed by atoms with Crippen molar-refractivity contribution in [1.82, 2.24) is 31.2 Å². The Hall–Kier alpha value is -2.67. The number of nitrogens with zero attached hydrogens (tertiary/aromatic N) is 2. The second-order valence-corrected chi connectivity index (χ2v) is 16.5. The molecular formula is C35H56F2N6O4S. The quantitative estimate of drug-likeness (QED) is 0.291. The summed E-state index contributed by atoms with van der Waals surface area (Å²) in [5, 5.41) is 13.4. The Morgan fingerprint density at radius 1 is 1.04 bits per heavy atom. The summed E-state index contributed by atoms with van der Waals surface area (Å²) in [6.07, 6.45) is 5.68. The summed E-state index contributed by atoms with van der Waals surface area (Å²) in [7, 11) is 0. The molecule has 270 valence electrons. The molecule has 1 aromatic heterocycles. The van der Waals surface area contributed by atoms with Crippen LogP contribution < -0.4 is 21.3 Å². The molecule has 0 aromatic carbocycles. The molecule has 4 N–H and O–H groups in total. The van der Waals surface area contributed by atoms with Crippen LogP contribution in [-0.4, -0.2) is 83.7 Å². The summed E-state index contributed by atoms with van der Waals surface area (Å²) in [6, 6.07) is -1.01. The van der Waals surface area contributed by atoms with Gasteiger partial charge in [0.05, 0.1) is 23.2 Å². The molecule has 0 radical (unpaired) electrons. The molecule has 13 heteroatoms. The summed E-state index contributed by atoms with van der Waals surface area (Å²) < 4.78 is 27.7. The molecule has 1 aliphatic carbocycles. The Balaban J connectivity index is 1.41. The topological polar surface area (TPSA) is 133 Å². The van der Waals surface area contributed by atoms with E-state index < -0.39 is 12.0 Å². The normalized spacial score (nSPS) is 24.0. The van der Waals surface area contributed by atoms with Crippen molar-refractivity contribution in [2.45, 2.75) is 148 Å². The van der Waals surface area contributed by atoms with E-state index in [0.29, 0.717) is 64.7 Å². The average molecular weight is 695 g/mol. The number of unbranched alkanes of at least 4 members (excludes halogenated alkanes) is 1. The zero-order chi connectivity index (χ0) is 34.9. The molecule has 48 heavy (non-hydrogen) atoms. The fourth-order valence-corrected chi connectivity index (χ4v) is 8.01. The number of carbonyl (C=O) groups is 4. The number of alkyl halides is 2. The minimum atomic E-state index is -2.64. The van der Waals surface area contributed by atoms with Gasteiger partial charge in [0, 0.05) is 74.7 Å². The molecule has 2 atom stereocenters. The zero-order valence-electron chi connectivity index (χ0n) is 29.2. The SMILES string of the molecule is Cc1sc2nc1CC(=O)N[C@@H](CCCCNC(=O)CC(C)(C)C)CC(=O)NCCC[C@H](NC1CCC(F)(F)CC1)C(=O)N1CCC2CC1. The number of aromatic nitrogens is 1. The number of piperidine rings is 1. The molecule has 3 aliphatic heterocycles. The first-order valence-corrected chi connectivity index (χ1v) is 18.7. The van der Waals surface area contributed by atoms with Crippen LogP contribution in [0.3, 0.4) is 0 Å².